The van der Waals surface area contributed by atoms with Gasteiger partial charge in [-0.25, -0.2) is 4.79 Å². The first-order valence-corrected chi connectivity index (χ1v) is 12.9. The number of nitrogens with one attached hydrogen (secondary N) is 1. The molecule has 2 N–H and O–H groups in total. The summed E-state index contributed by atoms with van der Waals surface area (Å²) in [6.45, 7) is 0.251. The lowest BCUT2D eigenvalue weighted by Crippen LogP contribution is -2.33. The van der Waals surface area contributed by atoms with Crippen LogP contribution in [0.2, 0.25) is 0 Å². The van der Waals surface area contributed by atoms with E-state index in [1.807, 2.05) is 48.5 Å². The Labute approximate surface area is 231 Å². The van der Waals surface area contributed by atoms with E-state index in [0.29, 0.717) is 22.6 Å². The van der Waals surface area contributed by atoms with E-state index in [-0.39, 0.29) is 19.5 Å². The number of halogens is 1. The average Bonchev–Trinajstić information content (AvgIpc) is 3.30. The molecule has 9 heteroatoms. The molecule has 39 heavy (non-hydrogen) atoms. The highest BCUT2D eigenvalue weighted by molar-refractivity contribution is 9.10. The molecule has 0 aliphatic carbocycles. The highest BCUT2D eigenvalue weighted by atomic mass is 79.9. The summed E-state index contributed by atoms with van der Waals surface area (Å²) in [5.41, 5.74) is 3.19. The van der Waals surface area contributed by atoms with Crippen LogP contribution in [0.5, 0.6) is 5.75 Å². The van der Waals surface area contributed by atoms with E-state index >= 15 is 0 Å². The van der Waals surface area contributed by atoms with Crippen molar-refractivity contribution < 1.29 is 28.6 Å². The molecule has 0 saturated heterocycles. The SMILES string of the molecule is O=C(O)CCNC(=O)c1ccc(N(Cc2ccc(Br)cc2)C(=O)Oc2ccc3oc4ccccc4c3c2)cc1. The fourth-order valence-electron chi connectivity index (χ4n) is 4.14. The fraction of sp³-hybridized carbons (Fsp3) is 0.100. The molecule has 2 amide bonds. The van der Waals surface area contributed by atoms with E-state index in [1.54, 1.807) is 42.5 Å². The second-order valence-corrected chi connectivity index (χ2v) is 9.70. The molecule has 0 unspecified atom stereocenters. The Morgan fingerprint density at radius 2 is 1.59 bits per heavy atom. The maximum atomic E-state index is 13.5. The van der Waals surface area contributed by atoms with E-state index < -0.39 is 18.0 Å². The van der Waals surface area contributed by atoms with Crippen molar-refractivity contribution in [3.63, 3.8) is 0 Å². The van der Waals surface area contributed by atoms with Gasteiger partial charge in [0.25, 0.3) is 5.91 Å². The number of amides is 2. The number of ether oxygens (including phenoxy) is 1. The molecule has 1 heterocycles. The zero-order chi connectivity index (χ0) is 27.4. The molecule has 0 aliphatic rings. The molecule has 4 aromatic carbocycles. The van der Waals surface area contributed by atoms with Crippen LogP contribution < -0.4 is 15.0 Å². The van der Waals surface area contributed by atoms with Gasteiger partial charge in [0.1, 0.15) is 16.9 Å². The minimum atomic E-state index is -0.993. The van der Waals surface area contributed by atoms with Gasteiger partial charge in [-0.2, -0.15) is 0 Å². The van der Waals surface area contributed by atoms with Crippen molar-refractivity contribution in [3.8, 4) is 5.75 Å². The first-order chi connectivity index (χ1) is 18.9. The van der Waals surface area contributed by atoms with Gasteiger partial charge < -0.3 is 19.6 Å². The Kier molecular flexibility index (Phi) is 7.60. The molecule has 5 aromatic rings. The third-order valence-electron chi connectivity index (χ3n) is 6.09. The summed E-state index contributed by atoms with van der Waals surface area (Å²) in [7, 11) is 0. The van der Waals surface area contributed by atoms with Gasteiger partial charge >= 0.3 is 12.1 Å². The molecule has 0 spiro atoms. The number of carboxylic acids is 1. The summed E-state index contributed by atoms with van der Waals surface area (Å²) in [5.74, 6) is -1.02. The predicted molar refractivity (Wildman–Crippen MR) is 151 cm³/mol. The zero-order valence-corrected chi connectivity index (χ0v) is 22.2. The monoisotopic (exact) mass is 586 g/mol. The van der Waals surface area contributed by atoms with Crippen LogP contribution in [0.25, 0.3) is 21.9 Å². The van der Waals surface area contributed by atoms with Crippen LogP contribution >= 0.6 is 15.9 Å². The number of carbonyl (C=O) groups is 3. The summed E-state index contributed by atoms with van der Waals surface area (Å²) in [4.78, 5) is 38.0. The van der Waals surface area contributed by atoms with E-state index in [1.165, 1.54) is 4.90 Å². The minimum absolute atomic E-state index is 0.0221. The smallest absolute Gasteiger partial charge is 0.420 e. The van der Waals surface area contributed by atoms with Crippen molar-refractivity contribution in [2.75, 3.05) is 11.4 Å². The zero-order valence-electron chi connectivity index (χ0n) is 20.6. The number of carboxylic acid groups (broad SMARTS) is 1. The summed E-state index contributed by atoms with van der Waals surface area (Å²) in [6.07, 6.45) is -0.763. The predicted octanol–water partition coefficient (Wildman–Crippen LogP) is 6.76. The highest BCUT2D eigenvalue weighted by Crippen LogP contribution is 2.32. The van der Waals surface area contributed by atoms with Crippen molar-refractivity contribution >= 4 is 61.5 Å². The van der Waals surface area contributed by atoms with Crippen LogP contribution in [-0.2, 0) is 11.3 Å². The number of para-hydroxylation sites is 1. The highest BCUT2D eigenvalue weighted by Gasteiger charge is 2.20. The summed E-state index contributed by atoms with van der Waals surface area (Å²) in [6, 6.07) is 26.9. The fourth-order valence-corrected chi connectivity index (χ4v) is 4.40. The molecule has 1 aromatic heterocycles. The normalized spacial score (nSPS) is 10.9. The Morgan fingerprint density at radius 1 is 0.872 bits per heavy atom. The van der Waals surface area contributed by atoms with Crippen LogP contribution in [-0.4, -0.2) is 29.6 Å². The molecular weight excluding hydrogens is 564 g/mol. The molecule has 0 radical (unpaired) electrons. The standard InChI is InChI=1S/C30H23BrN2O6/c31-21-9-5-19(6-10-21)18-33(22-11-7-20(8-12-22)29(36)32-16-15-28(34)35)30(37)38-23-13-14-27-25(17-23)24-3-1-2-4-26(24)39-27/h1-14,17H,15-16,18H2,(H,32,36)(H,34,35). The van der Waals surface area contributed by atoms with Crippen LogP contribution in [0.15, 0.2) is 99.9 Å². The van der Waals surface area contributed by atoms with Crippen molar-refractivity contribution in [1.82, 2.24) is 5.32 Å². The lowest BCUT2D eigenvalue weighted by atomic mass is 10.1. The van der Waals surface area contributed by atoms with Crippen LogP contribution in [0.3, 0.4) is 0 Å². The van der Waals surface area contributed by atoms with Gasteiger partial charge in [-0.1, -0.05) is 46.3 Å². The third-order valence-corrected chi connectivity index (χ3v) is 6.62. The van der Waals surface area contributed by atoms with Gasteiger partial charge in [0.15, 0.2) is 0 Å². The molecule has 8 nitrogen and oxygen atoms in total. The Bertz CT molecular complexity index is 1660. The molecule has 0 atom stereocenters. The number of aliphatic carboxylic acids is 1. The quantitative estimate of drug-likeness (QED) is 0.208. The van der Waals surface area contributed by atoms with E-state index in [0.717, 1.165) is 26.4 Å². The number of rotatable bonds is 8. The summed E-state index contributed by atoms with van der Waals surface area (Å²) in [5, 5.41) is 13.1. The van der Waals surface area contributed by atoms with Crippen molar-refractivity contribution in [1.29, 1.82) is 0 Å². The Morgan fingerprint density at radius 3 is 2.33 bits per heavy atom. The van der Waals surface area contributed by atoms with Crippen molar-refractivity contribution in [2.45, 2.75) is 13.0 Å². The maximum absolute atomic E-state index is 13.5. The van der Waals surface area contributed by atoms with Crippen LogP contribution in [0, 0.1) is 0 Å². The number of benzene rings is 4. The molecule has 0 saturated carbocycles. The number of fused-ring (bicyclic) bond motifs is 3. The molecule has 5 rings (SSSR count). The van der Waals surface area contributed by atoms with E-state index in [9.17, 15) is 14.4 Å². The third kappa shape index (κ3) is 6.10. The maximum Gasteiger partial charge on any atom is 0.420 e. The van der Waals surface area contributed by atoms with Crippen LogP contribution in [0.1, 0.15) is 22.3 Å². The topological polar surface area (TPSA) is 109 Å². The largest absolute Gasteiger partial charge is 0.481 e. The van der Waals surface area contributed by atoms with Gasteiger partial charge in [-0.05, 0) is 66.2 Å². The number of carbonyl (C=O) groups excluding carboxylic acids is 2. The average molecular weight is 587 g/mol. The second-order valence-electron chi connectivity index (χ2n) is 8.78. The first-order valence-electron chi connectivity index (χ1n) is 12.1. The van der Waals surface area contributed by atoms with E-state index in [4.69, 9.17) is 14.3 Å². The Balaban J connectivity index is 1.39. The summed E-state index contributed by atoms with van der Waals surface area (Å²) >= 11 is 3.43. The minimum Gasteiger partial charge on any atom is -0.481 e. The van der Waals surface area contributed by atoms with E-state index in [2.05, 4.69) is 21.2 Å². The Hall–Kier alpha value is -4.63. The van der Waals surface area contributed by atoms with Gasteiger partial charge in [0.2, 0.25) is 0 Å². The number of furan rings is 1. The van der Waals surface area contributed by atoms with Gasteiger partial charge in [-0.15, -0.1) is 0 Å². The number of anilines is 1. The summed E-state index contributed by atoms with van der Waals surface area (Å²) < 4.78 is 12.6. The van der Waals surface area contributed by atoms with Gasteiger partial charge in [0, 0.05) is 33.0 Å². The molecule has 0 bridgehead atoms. The first kappa shape index (κ1) is 26.0. The van der Waals surface area contributed by atoms with Gasteiger partial charge in [-0.3, -0.25) is 14.5 Å². The number of nitrogens with zero attached hydrogens (tertiary/aromatic N) is 1. The lowest BCUT2D eigenvalue weighted by molar-refractivity contribution is -0.136. The molecule has 196 valence electrons. The number of hydrogen-bond acceptors (Lipinski definition) is 5. The lowest BCUT2D eigenvalue weighted by Gasteiger charge is -2.22. The molecule has 0 fully saturated rings. The van der Waals surface area contributed by atoms with Crippen molar-refractivity contribution in [3.05, 3.63) is 107 Å². The van der Waals surface area contributed by atoms with Gasteiger partial charge in [0.05, 0.1) is 13.0 Å². The van der Waals surface area contributed by atoms with Crippen molar-refractivity contribution in [2.24, 2.45) is 0 Å². The van der Waals surface area contributed by atoms with Crippen LogP contribution in [0.4, 0.5) is 10.5 Å². The number of hydrogen-bond donors (Lipinski definition) is 2. The molecular formula is C30H23BrN2O6. The second kappa shape index (κ2) is 11.4. The molecule has 0 aliphatic heterocycles.